The van der Waals surface area contributed by atoms with Crippen LogP contribution in [0.25, 0.3) is 0 Å². The van der Waals surface area contributed by atoms with Gasteiger partial charge in [-0.25, -0.2) is 8.78 Å². The van der Waals surface area contributed by atoms with Gasteiger partial charge in [-0.2, -0.15) is 0 Å². The van der Waals surface area contributed by atoms with Crippen LogP contribution in [0.4, 0.5) is 8.78 Å². The quantitative estimate of drug-likeness (QED) is 0.783. The topological polar surface area (TPSA) is 58.6 Å². The van der Waals surface area contributed by atoms with Crippen molar-refractivity contribution < 1.29 is 23.1 Å². The number of hydrogen-bond acceptors (Lipinski definition) is 3. The Morgan fingerprint density at radius 3 is 2.53 bits per heavy atom. The maximum atomic E-state index is 13.9. The Bertz CT molecular complexity index is 929. The third-order valence-corrected chi connectivity index (χ3v) is 5.48. The molecule has 1 atom stereocenters. The molecular formula is C23H24F2N2O3. The Balaban J connectivity index is 1.30. The van der Waals surface area contributed by atoms with Crippen LogP contribution in [-0.4, -0.2) is 42.5 Å². The largest absolute Gasteiger partial charge is 0.493 e. The van der Waals surface area contributed by atoms with Crippen molar-refractivity contribution in [2.75, 3.05) is 19.7 Å². The molecule has 158 valence electrons. The fourth-order valence-electron chi connectivity index (χ4n) is 3.63. The molecule has 5 nitrogen and oxygen atoms in total. The van der Waals surface area contributed by atoms with Crippen molar-refractivity contribution in [3.8, 4) is 5.75 Å². The summed E-state index contributed by atoms with van der Waals surface area (Å²) in [7, 11) is 0. The molecule has 2 amide bonds. The average molecular weight is 414 g/mol. The molecule has 30 heavy (non-hydrogen) atoms. The number of hydrogen-bond donors (Lipinski definition) is 1. The molecule has 2 aromatic rings. The first-order valence-electron chi connectivity index (χ1n) is 10.3. The molecule has 0 spiro atoms. The summed E-state index contributed by atoms with van der Waals surface area (Å²) in [6.07, 6.45) is 3.78. The SMILES string of the molecule is O=C(NC1CC1)c1ccc(OC[C@H]2CCCN(C(=O)c3ccc(F)cc3F)C2)cc1. The first-order chi connectivity index (χ1) is 14.5. The first kappa shape index (κ1) is 20.3. The van der Waals surface area contributed by atoms with E-state index >= 15 is 0 Å². The number of ether oxygens (including phenoxy) is 1. The lowest BCUT2D eigenvalue weighted by molar-refractivity contribution is 0.0628. The molecule has 0 radical (unpaired) electrons. The molecule has 1 saturated heterocycles. The molecule has 7 heteroatoms. The van der Waals surface area contributed by atoms with E-state index in [4.69, 9.17) is 4.74 Å². The van der Waals surface area contributed by atoms with Crippen molar-refractivity contribution >= 4 is 11.8 Å². The van der Waals surface area contributed by atoms with Crippen LogP contribution in [0.2, 0.25) is 0 Å². The van der Waals surface area contributed by atoms with Gasteiger partial charge in [0.2, 0.25) is 0 Å². The van der Waals surface area contributed by atoms with Gasteiger partial charge in [0.05, 0.1) is 12.2 Å². The van der Waals surface area contributed by atoms with E-state index < -0.39 is 17.5 Å². The molecule has 1 saturated carbocycles. The number of nitrogens with zero attached hydrogens (tertiary/aromatic N) is 1. The highest BCUT2D eigenvalue weighted by Crippen LogP contribution is 2.23. The van der Waals surface area contributed by atoms with E-state index in [9.17, 15) is 18.4 Å². The molecule has 1 N–H and O–H groups in total. The van der Waals surface area contributed by atoms with Crippen molar-refractivity contribution in [3.63, 3.8) is 0 Å². The number of nitrogens with one attached hydrogen (secondary N) is 1. The van der Waals surface area contributed by atoms with Crippen molar-refractivity contribution in [2.45, 2.75) is 31.7 Å². The summed E-state index contributed by atoms with van der Waals surface area (Å²) in [4.78, 5) is 26.2. The Hall–Kier alpha value is -2.96. The summed E-state index contributed by atoms with van der Waals surface area (Å²) in [6, 6.07) is 10.3. The summed E-state index contributed by atoms with van der Waals surface area (Å²) in [5, 5.41) is 2.94. The fraction of sp³-hybridized carbons (Fsp3) is 0.391. The van der Waals surface area contributed by atoms with Crippen LogP contribution in [0.15, 0.2) is 42.5 Å². The highest BCUT2D eigenvalue weighted by atomic mass is 19.1. The number of carbonyl (C=O) groups excluding carboxylic acids is 2. The van der Waals surface area contributed by atoms with Crippen molar-refractivity contribution in [1.82, 2.24) is 10.2 Å². The predicted octanol–water partition coefficient (Wildman–Crippen LogP) is 3.79. The molecule has 0 bridgehead atoms. The van der Waals surface area contributed by atoms with Crippen LogP contribution < -0.4 is 10.1 Å². The van der Waals surface area contributed by atoms with E-state index in [0.29, 0.717) is 37.1 Å². The van der Waals surface area contributed by atoms with Crippen molar-refractivity contribution in [3.05, 3.63) is 65.2 Å². The number of benzene rings is 2. The van der Waals surface area contributed by atoms with Crippen LogP contribution in [-0.2, 0) is 0 Å². The number of likely N-dealkylation sites (tertiary alicyclic amines) is 1. The fourth-order valence-corrected chi connectivity index (χ4v) is 3.63. The van der Waals surface area contributed by atoms with Crippen LogP contribution in [0.3, 0.4) is 0 Å². The van der Waals surface area contributed by atoms with Gasteiger partial charge < -0.3 is 15.0 Å². The molecule has 1 aliphatic carbocycles. The molecule has 0 aromatic heterocycles. The summed E-state index contributed by atoms with van der Waals surface area (Å²) in [5.41, 5.74) is 0.489. The smallest absolute Gasteiger partial charge is 0.256 e. The van der Waals surface area contributed by atoms with E-state index in [1.165, 1.54) is 6.07 Å². The van der Waals surface area contributed by atoms with Gasteiger partial charge in [-0.15, -0.1) is 0 Å². The molecule has 0 unspecified atom stereocenters. The molecule has 1 aliphatic heterocycles. The number of halogens is 2. The second kappa shape index (κ2) is 8.81. The van der Waals surface area contributed by atoms with Gasteiger partial charge in [-0.3, -0.25) is 9.59 Å². The summed E-state index contributed by atoms with van der Waals surface area (Å²) in [6.45, 7) is 1.41. The predicted molar refractivity (Wildman–Crippen MR) is 107 cm³/mol. The number of piperidine rings is 1. The Morgan fingerprint density at radius 2 is 1.83 bits per heavy atom. The maximum Gasteiger partial charge on any atom is 0.256 e. The van der Waals surface area contributed by atoms with Gasteiger partial charge in [0.1, 0.15) is 17.4 Å². The van der Waals surface area contributed by atoms with Gasteiger partial charge in [0.25, 0.3) is 11.8 Å². The summed E-state index contributed by atoms with van der Waals surface area (Å²) in [5.74, 6) is -1.27. The standard InChI is InChI=1S/C23H24F2N2O3/c24-17-5-10-20(21(25)12-17)23(29)27-11-1-2-15(13-27)14-30-19-8-3-16(4-9-19)22(28)26-18-6-7-18/h3-5,8-10,12,15,18H,1-2,6-7,11,13-14H2,(H,26,28)/t15-/m0/s1. The third-order valence-electron chi connectivity index (χ3n) is 5.48. The Morgan fingerprint density at radius 1 is 1.07 bits per heavy atom. The molecule has 4 rings (SSSR count). The zero-order chi connectivity index (χ0) is 21.1. The molecule has 1 heterocycles. The zero-order valence-corrected chi connectivity index (χ0v) is 16.6. The second-order valence-electron chi connectivity index (χ2n) is 7.97. The van der Waals surface area contributed by atoms with Crippen LogP contribution in [0.5, 0.6) is 5.75 Å². The minimum absolute atomic E-state index is 0.0708. The van der Waals surface area contributed by atoms with E-state index in [1.807, 2.05) is 0 Å². The lowest BCUT2D eigenvalue weighted by Gasteiger charge is -2.32. The molecular weight excluding hydrogens is 390 g/mol. The molecule has 2 aliphatic rings. The number of rotatable bonds is 6. The van der Waals surface area contributed by atoms with E-state index in [2.05, 4.69) is 5.32 Å². The van der Waals surface area contributed by atoms with Crippen LogP contribution >= 0.6 is 0 Å². The van der Waals surface area contributed by atoms with Crippen LogP contribution in [0.1, 0.15) is 46.4 Å². The normalized spacial score (nSPS) is 18.7. The number of amides is 2. The van der Waals surface area contributed by atoms with E-state index in [-0.39, 0.29) is 17.4 Å². The molecule has 2 aromatic carbocycles. The van der Waals surface area contributed by atoms with E-state index in [0.717, 1.165) is 37.8 Å². The maximum absolute atomic E-state index is 13.9. The van der Waals surface area contributed by atoms with Crippen LogP contribution in [0, 0.1) is 17.6 Å². The zero-order valence-electron chi connectivity index (χ0n) is 16.6. The minimum atomic E-state index is -0.843. The Labute approximate surface area is 174 Å². The minimum Gasteiger partial charge on any atom is -0.493 e. The van der Waals surface area contributed by atoms with Crippen molar-refractivity contribution in [1.29, 1.82) is 0 Å². The lowest BCUT2D eigenvalue weighted by Crippen LogP contribution is -2.41. The highest BCUT2D eigenvalue weighted by molar-refractivity contribution is 5.95. The van der Waals surface area contributed by atoms with Gasteiger partial charge in [0.15, 0.2) is 0 Å². The first-order valence-corrected chi connectivity index (χ1v) is 10.3. The van der Waals surface area contributed by atoms with Gasteiger partial charge in [-0.05, 0) is 62.1 Å². The lowest BCUT2D eigenvalue weighted by atomic mass is 9.98. The third kappa shape index (κ3) is 4.96. The van der Waals surface area contributed by atoms with Gasteiger partial charge in [0, 0.05) is 36.7 Å². The Kier molecular flexibility index (Phi) is 5.97. The van der Waals surface area contributed by atoms with Crippen molar-refractivity contribution in [2.24, 2.45) is 5.92 Å². The van der Waals surface area contributed by atoms with Gasteiger partial charge >= 0.3 is 0 Å². The van der Waals surface area contributed by atoms with E-state index in [1.54, 1.807) is 29.2 Å². The molecule has 2 fully saturated rings. The summed E-state index contributed by atoms with van der Waals surface area (Å²) >= 11 is 0. The monoisotopic (exact) mass is 414 g/mol. The average Bonchev–Trinajstić information content (AvgIpc) is 3.56. The summed E-state index contributed by atoms with van der Waals surface area (Å²) < 4.78 is 32.9. The second-order valence-corrected chi connectivity index (χ2v) is 7.97. The number of carbonyl (C=O) groups is 2. The highest BCUT2D eigenvalue weighted by Gasteiger charge is 2.27. The van der Waals surface area contributed by atoms with Gasteiger partial charge in [-0.1, -0.05) is 0 Å².